The van der Waals surface area contributed by atoms with Gasteiger partial charge in [-0.15, -0.1) is 0 Å². The summed E-state index contributed by atoms with van der Waals surface area (Å²) in [6.45, 7) is 7.99. The number of phenols is 1. The zero-order valence-corrected chi connectivity index (χ0v) is 31.5. The van der Waals surface area contributed by atoms with E-state index in [1.54, 1.807) is 11.0 Å². The van der Waals surface area contributed by atoms with E-state index in [1.807, 2.05) is 24.3 Å². The van der Waals surface area contributed by atoms with Gasteiger partial charge >= 0.3 is 0 Å². The molecule has 9 nitrogen and oxygen atoms in total. The Labute approximate surface area is 324 Å². The van der Waals surface area contributed by atoms with Crippen molar-refractivity contribution >= 4 is 11.8 Å². The number of unbranched alkanes of at least 4 members (excludes halogenated alkanes) is 1. The molecule has 55 heavy (non-hydrogen) atoms. The summed E-state index contributed by atoms with van der Waals surface area (Å²) in [5.74, 6) is 2.25. The Bertz CT molecular complexity index is 1930. The minimum atomic E-state index is -0.465. The molecule has 4 aromatic carbocycles. The normalized spacial score (nSPS) is 19.2. The van der Waals surface area contributed by atoms with E-state index in [0.717, 1.165) is 49.8 Å². The lowest BCUT2D eigenvalue weighted by Crippen LogP contribution is -2.49. The standard InChI is InChI=1S/C46H52N2O7/c1-32-11-22-43(45(50)47-32)48-31-36-30-39(18-21-42(36)46(48)51)55-28-8-26-53-25-7-24-52-23-5-6-27-54-38-16-12-34(13-17-38)44-40(33-9-3-2-4-10-33)19-14-35-29-37(49)15-20-41(35)44/h2-4,9-10,12-13,15-18,20-21,29-30,40,43-44,49H,1,5-8,11,14,19,22-28,31H2,(H,47,50)/t40-,43+,44+/m1/s1. The maximum absolute atomic E-state index is 12.9. The molecule has 0 radical (unpaired) electrons. The smallest absolute Gasteiger partial charge is 0.255 e. The third-order valence-corrected chi connectivity index (χ3v) is 10.9. The molecule has 288 valence electrons. The summed E-state index contributed by atoms with van der Waals surface area (Å²) in [6.07, 6.45) is 6.71. The minimum absolute atomic E-state index is 0.110. The van der Waals surface area contributed by atoms with Crippen molar-refractivity contribution in [3.8, 4) is 17.2 Å². The third-order valence-electron chi connectivity index (χ3n) is 10.9. The van der Waals surface area contributed by atoms with Crippen molar-refractivity contribution in [2.75, 3.05) is 39.6 Å². The molecule has 1 saturated heterocycles. The van der Waals surface area contributed by atoms with Crippen LogP contribution in [0, 0.1) is 0 Å². The number of piperidine rings is 1. The first kappa shape index (κ1) is 38.2. The van der Waals surface area contributed by atoms with E-state index < -0.39 is 6.04 Å². The largest absolute Gasteiger partial charge is 0.508 e. The third kappa shape index (κ3) is 9.58. The fraction of sp³-hybridized carbons (Fsp3) is 0.391. The number of nitrogens with zero attached hydrogens (tertiary/aromatic N) is 1. The second-order valence-electron chi connectivity index (χ2n) is 14.7. The first-order valence-corrected chi connectivity index (χ1v) is 19.7. The van der Waals surface area contributed by atoms with Crippen LogP contribution in [0.15, 0.2) is 103 Å². The molecule has 2 amide bonds. The van der Waals surface area contributed by atoms with Gasteiger partial charge in [-0.25, -0.2) is 0 Å². The summed E-state index contributed by atoms with van der Waals surface area (Å²) in [5.41, 5.74) is 7.37. The first-order chi connectivity index (χ1) is 26.9. The number of nitrogens with one attached hydrogen (secondary N) is 1. The first-order valence-electron chi connectivity index (χ1n) is 19.7. The van der Waals surface area contributed by atoms with Crippen LogP contribution in [0.5, 0.6) is 17.2 Å². The zero-order valence-electron chi connectivity index (χ0n) is 31.5. The lowest BCUT2D eigenvalue weighted by atomic mass is 9.69. The molecule has 0 spiro atoms. The Morgan fingerprint density at radius 3 is 2.16 bits per heavy atom. The van der Waals surface area contributed by atoms with Gasteiger partial charge in [-0.2, -0.15) is 0 Å². The Hall–Kier alpha value is -5.12. The van der Waals surface area contributed by atoms with E-state index in [9.17, 15) is 14.7 Å². The van der Waals surface area contributed by atoms with Crippen molar-refractivity contribution < 1.29 is 33.6 Å². The summed E-state index contributed by atoms with van der Waals surface area (Å²) >= 11 is 0. The highest BCUT2D eigenvalue weighted by Gasteiger charge is 2.38. The van der Waals surface area contributed by atoms with Gasteiger partial charge in [0.05, 0.1) is 13.2 Å². The summed E-state index contributed by atoms with van der Waals surface area (Å²) < 4.78 is 23.6. The molecule has 0 unspecified atom stereocenters. The number of benzene rings is 4. The fourth-order valence-electron chi connectivity index (χ4n) is 8.08. The second-order valence-corrected chi connectivity index (χ2v) is 14.7. The van der Waals surface area contributed by atoms with Crippen LogP contribution < -0.4 is 14.8 Å². The van der Waals surface area contributed by atoms with E-state index >= 15 is 0 Å². The molecule has 0 saturated carbocycles. The number of ether oxygens (including phenoxy) is 4. The van der Waals surface area contributed by atoms with Gasteiger partial charge in [0.1, 0.15) is 23.3 Å². The number of carbonyl (C=O) groups excluding carboxylic acids is 2. The molecule has 9 heteroatoms. The summed E-state index contributed by atoms with van der Waals surface area (Å²) in [4.78, 5) is 27.0. The minimum Gasteiger partial charge on any atom is -0.508 e. The van der Waals surface area contributed by atoms with Crippen molar-refractivity contribution in [1.29, 1.82) is 0 Å². The van der Waals surface area contributed by atoms with Gasteiger partial charge in [0, 0.05) is 56.6 Å². The fourth-order valence-corrected chi connectivity index (χ4v) is 8.08. The molecule has 1 fully saturated rings. The number of hydrogen-bond acceptors (Lipinski definition) is 7. The molecule has 4 aromatic rings. The van der Waals surface area contributed by atoms with Crippen LogP contribution in [0.2, 0.25) is 0 Å². The summed E-state index contributed by atoms with van der Waals surface area (Å²) in [6, 6.07) is 30.2. The number of rotatable bonds is 18. The Morgan fingerprint density at radius 1 is 0.691 bits per heavy atom. The number of carbonyl (C=O) groups is 2. The number of fused-ring (bicyclic) bond motifs is 2. The highest BCUT2D eigenvalue weighted by atomic mass is 16.5. The Morgan fingerprint density at radius 2 is 1.38 bits per heavy atom. The summed E-state index contributed by atoms with van der Waals surface area (Å²) in [5, 5.41) is 12.9. The highest BCUT2D eigenvalue weighted by molar-refractivity contribution is 6.01. The molecule has 1 aliphatic carbocycles. The van der Waals surface area contributed by atoms with Gasteiger partial charge in [0.15, 0.2) is 0 Å². The van der Waals surface area contributed by atoms with Crippen molar-refractivity contribution in [3.63, 3.8) is 0 Å². The molecule has 7 rings (SSSR count). The van der Waals surface area contributed by atoms with Crippen molar-refractivity contribution in [3.05, 3.63) is 137 Å². The number of allylic oxidation sites excluding steroid dienone is 1. The molecule has 3 aliphatic rings. The van der Waals surface area contributed by atoms with Crippen molar-refractivity contribution in [1.82, 2.24) is 10.2 Å². The van der Waals surface area contributed by atoms with Crippen LogP contribution in [-0.4, -0.2) is 67.5 Å². The predicted octanol–water partition coefficient (Wildman–Crippen LogP) is 8.05. The number of phenolic OH excluding ortho intramolecular Hbond substituents is 1. The van der Waals surface area contributed by atoms with Crippen LogP contribution in [0.4, 0.5) is 0 Å². The molecule has 2 heterocycles. The van der Waals surface area contributed by atoms with Crippen LogP contribution in [-0.2, 0) is 27.2 Å². The predicted molar refractivity (Wildman–Crippen MR) is 212 cm³/mol. The van der Waals surface area contributed by atoms with Crippen LogP contribution in [0.25, 0.3) is 0 Å². The monoisotopic (exact) mass is 744 g/mol. The maximum Gasteiger partial charge on any atom is 0.255 e. The van der Waals surface area contributed by atoms with E-state index in [4.69, 9.17) is 18.9 Å². The van der Waals surface area contributed by atoms with Gasteiger partial charge in [0.25, 0.3) is 5.91 Å². The number of aryl methyl sites for hydroxylation is 1. The maximum atomic E-state index is 12.9. The SMILES string of the molecule is C=C1CC[C@H](N2Cc3cc(OCCCOCCCOCCCCOc4ccc([C@@H]5c6ccc(O)cc6CC[C@@H]5c5ccccc5)cc4)ccc3C2=O)C(=O)N1. The topological polar surface area (TPSA) is 107 Å². The van der Waals surface area contributed by atoms with E-state index in [0.29, 0.717) is 87.7 Å². The van der Waals surface area contributed by atoms with Crippen molar-refractivity contribution in [2.24, 2.45) is 0 Å². The quantitative estimate of drug-likeness (QED) is 0.0994. The highest BCUT2D eigenvalue weighted by Crippen LogP contribution is 2.47. The zero-order chi connectivity index (χ0) is 38.0. The molecule has 3 atom stereocenters. The van der Waals surface area contributed by atoms with Gasteiger partial charge in [0.2, 0.25) is 5.91 Å². The molecule has 2 N–H and O–H groups in total. The Kier molecular flexibility index (Phi) is 12.8. The summed E-state index contributed by atoms with van der Waals surface area (Å²) in [7, 11) is 0. The number of hydrogen-bond donors (Lipinski definition) is 2. The average molecular weight is 745 g/mol. The van der Waals surface area contributed by atoms with E-state index in [-0.39, 0.29) is 17.7 Å². The van der Waals surface area contributed by atoms with E-state index in [2.05, 4.69) is 72.6 Å². The molecular formula is C46H52N2O7. The van der Waals surface area contributed by atoms with Crippen molar-refractivity contribution in [2.45, 2.75) is 75.8 Å². The molecule has 0 aromatic heterocycles. The van der Waals surface area contributed by atoms with Crippen LogP contribution >= 0.6 is 0 Å². The lowest BCUT2D eigenvalue weighted by Gasteiger charge is -2.34. The molecular weight excluding hydrogens is 693 g/mol. The van der Waals surface area contributed by atoms with Crippen LogP contribution in [0.3, 0.4) is 0 Å². The van der Waals surface area contributed by atoms with Crippen LogP contribution in [0.1, 0.15) is 95.0 Å². The van der Waals surface area contributed by atoms with Gasteiger partial charge < -0.3 is 34.3 Å². The molecule has 2 aliphatic heterocycles. The number of aromatic hydroxyl groups is 1. The van der Waals surface area contributed by atoms with Gasteiger partial charge in [-0.05, 0) is 121 Å². The molecule has 0 bridgehead atoms. The second kappa shape index (κ2) is 18.5. The number of amides is 2. The average Bonchev–Trinajstić information content (AvgIpc) is 3.52. The van der Waals surface area contributed by atoms with Gasteiger partial charge in [-0.1, -0.05) is 55.1 Å². The Balaban J connectivity index is 0.732. The van der Waals surface area contributed by atoms with Gasteiger partial charge in [-0.3, -0.25) is 9.59 Å². The lowest BCUT2D eigenvalue weighted by molar-refractivity contribution is -0.126. The van der Waals surface area contributed by atoms with E-state index in [1.165, 1.54) is 22.3 Å².